The molecule has 2 N–H and O–H groups in total. The molecule has 0 saturated carbocycles. The van der Waals surface area contributed by atoms with Gasteiger partial charge in [-0.3, -0.25) is 0 Å². The lowest BCUT2D eigenvalue weighted by atomic mass is 9.96. The molecule has 0 spiro atoms. The molecule has 3 rings (SSSR count). The van der Waals surface area contributed by atoms with Crippen LogP contribution in [0.4, 0.5) is 10.7 Å². The van der Waals surface area contributed by atoms with Crippen molar-refractivity contribution in [3.05, 3.63) is 33.2 Å². The van der Waals surface area contributed by atoms with E-state index in [1.807, 2.05) is 0 Å². The molecule has 0 unspecified atom stereocenters. The van der Waals surface area contributed by atoms with Crippen LogP contribution in [0.3, 0.4) is 0 Å². The van der Waals surface area contributed by atoms with Gasteiger partial charge in [0.25, 0.3) is 0 Å². The molecule has 0 fully saturated rings. The first-order valence-corrected chi connectivity index (χ1v) is 11.3. The van der Waals surface area contributed by atoms with Gasteiger partial charge in [0.15, 0.2) is 5.11 Å². The van der Waals surface area contributed by atoms with Crippen LogP contribution in [-0.4, -0.2) is 32.4 Å². The SMILES string of the molecule is COC(=O)c1c(NC(=S)Nc2cc(OC)c(Cl)cc2OC)sc2c1CCCCCC2. The second kappa shape index (κ2) is 10.3. The zero-order valence-corrected chi connectivity index (χ0v) is 19.6. The first kappa shape index (κ1) is 22.7. The predicted molar refractivity (Wildman–Crippen MR) is 126 cm³/mol. The van der Waals surface area contributed by atoms with Crippen LogP contribution in [0.25, 0.3) is 0 Å². The number of anilines is 2. The van der Waals surface area contributed by atoms with E-state index >= 15 is 0 Å². The number of hydrogen-bond acceptors (Lipinski definition) is 6. The van der Waals surface area contributed by atoms with E-state index in [9.17, 15) is 4.79 Å². The van der Waals surface area contributed by atoms with E-state index in [1.54, 1.807) is 30.6 Å². The summed E-state index contributed by atoms with van der Waals surface area (Å²) in [6, 6.07) is 3.37. The third kappa shape index (κ3) is 4.99. The van der Waals surface area contributed by atoms with Crippen LogP contribution in [0.1, 0.15) is 46.5 Å². The highest BCUT2D eigenvalue weighted by atomic mass is 35.5. The Hall–Kier alpha value is -2.03. The summed E-state index contributed by atoms with van der Waals surface area (Å²) in [6.45, 7) is 0. The summed E-state index contributed by atoms with van der Waals surface area (Å²) in [7, 11) is 4.49. The monoisotopic (exact) mass is 468 g/mol. The molecule has 0 saturated heterocycles. The largest absolute Gasteiger partial charge is 0.495 e. The molecule has 6 nitrogen and oxygen atoms in total. The molecule has 2 aromatic rings. The van der Waals surface area contributed by atoms with Gasteiger partial charge in [-0.2, -0.15) is 0 Å². The Morgan fingerprint density at radius 3 is 2.40 bits per heavy atom. The third-order valence-corrected chi connectivity index (χ3v) is 6.72. The van der Waals surface area contributed by atoms with Crippen molar-refractivity contribution >= 4 is 56.9 Å². The lowest BCUT2D eigenvalue weighted by Gasteiger charge is -2.15. The molecule has 0 aliphatic heterocycles. The Labute approximate surface area is 190 Å². The summed E-state index contributed by atoms with van der Waals surface area (Å²) < 4.78 is 15.7. The Kier molecular flexibility index (Phi) is 7.80. The smallest absolute Gasteiger partial charge is 0.341 e. The fourth-order valence-corrected chi connectivity index (χ4v) is 5.33. The van der Waals surface area contributed by atoms with Gasteiger partial charge in [-0.05, 0) is 43.5 Å². The van der Waals surface area contributed by atoms with Crippen LogP contribution >= 0.6 is 35.2 Å². The first-order chi connectivity index (χ1) is 14.5. The quantitative estimate of drug-likeness (QED) is 0.432. The minimum absolute atomic E-state index is 0.331. The topological polar surface area (TPSA) is 68.8 Å². The molecule has 1 aromatic heterocycles. The number of halogens is 1. The average Bonchev–Trinajstić information content (AvgIpc) is 3.04. The summed E-state index contributed by atoms with van der Waals surface area (Å²) in [5, 5.41) is 7.76. The summed E-state index contributed by atoms with van der Waals surface area (Å²) in [4.78, 5) is 13.8. The zero-order valence-electron chi connectivity index (χ0n) is 17.2. The summed E-state index contributed by atoms with van der Waals surface area (Å²) in [6.07, 6.45) is 6.42. The molecule has 9 heteroatoms. The maximum atomic E-state index is 12.6. The van der Waals surface area contributed by atoms with Crippen LogP contribution in [0, 0.1) is 0 Å². The van der Waals surface area contributed by atoms with Gasteiger partial charge in [-0.1, -0.05) is 24.4 Å². The minimum Gasteiger partial charge on any atom is -0.495 e. The summed E-state index contributed by atoms with van der Waals surface area (Å²) >= 11 is 13.3. The van der Waals surface area contributed by atoms with Crippen molar-refractivity contribution in [1.29, 1.82) is 0 Å². The summed E-state index contributed by atoms with van der Waals surface area (Å²) in [5.74, 6) is 0.679. The molecule has 0 radical (unpaired) electrons. The van der Waals surface area contributed by atoms with Gasteiger partial charge in [-0.25, -0.2) is 4.79 Å². The van der Waals surface area contributed by atoms with Crippen molar-refractivity contribution in [2.75, 3.05) is 32.0 Å². The van der Waals surface area contributed by atoms with Gasteiger partial charge in [0, 0.05) is 17.0 Å². The van der Waals surface area contributed by atoms with E-state index in [0.717, 1.165) is 31.2 Å². The van der Waals surface area contributed by atoms with Gasteiger partial charge >= 0.3 is 5.97 Å². The molecule has 0 bridgehead atoms. The molecular weight excluding hydrogens is 444 g/mol. The lowest BCUT2D eigenvalue weighted by Crippen LogP contribution is -2.20. The molecule has 0 atom stereocenters. The van der Waals surface area contributed by atoms with Crippen LogP contribution in [-0.2, 0) is 17.6 Å². The van der Waals surface area contributed by atoms with E-state index in [0.29, 0.717) is 37.9 Å². The van der Waals surface area contributed by atoms with Crippen LogP contribution in [0.15, 0.2) is 12.1 Å². The second-order valence-corrected chi connectivity index (χ2v) is 8.80. The van der Waals surface area contributed by atoms with Crippen LogP contribution in [0.2, 0.25) is 5.02 Å². The highest BCUT2D eigenvalue weighted by Crippen LogP contribution is 2.39. The summed E-state index contributed by atoms with van der Waals surface area (Å²) in [5.41, 5.74) is 2.28. The molecule has 1 aliphatic rings. The average molecular weight is 469 g/mol. The third-order valence-electron chi connectivity index (χ3n) is 5.01. The van der Waals surface area contributed by atoms with Gasteiger partial charge in [0.1, 0.15) is 16.5 Å². The molecule has 1 aliphatic carbocycles. The normalized spacial score (nSPS) is 13.5. The number of carbonyl (C=O) groups excluding carboxylic acids is 1. The maximum Gasteiger partial charge on any atom is 0.341 e. The molecule has 30 heavy (non-hydrogen) atoms. The fourth-order valence-electron chi connectivity index (χ4n) is 3.54. The molecule has 1 aromatic carbocycles. The number of rotatable bonds is 5. The molecule has 0 amide bonds. The number of ether oxygens (including phenoxy) is 3. The number of fused-ring (bicyclic) bond motifs is 1. The maximum absolute atomic E-state index is 12.6. The number of nitrogens with one attached hydrogen (secondary N) is 2. The first-order valence-electron chi connectivity index (χ1n) is 9.70. The Morgan fingerprint density at radius 2 is 1.73 bits per heavy atom. The number of thiophene rings is 1. The number of aryl methyl sites for hydroxylation is 1. The van der Waals surface area contributed by atoms with Crippen molar-refractivity contribution in [3.8, 4) is 11.5 Å². The highest BCUT2D eigenvalue weighted by Gasteiger charge is 2.25. The van der Waals surface area contributed by atoms with E-state index in [2.05, 4.69) is 10.6 Å². The van der Waals surface area contributed by atoms with Crippen molar-refractivity contribution in [2.24, 2.45) is 0 Å². The van der Waals surface area contributed by atoms with E-state index in [1.165, 1.54) is 31.9 Å². The standard InChI is InChI=1S/C21H25ClN2O4S2/c1-26-15-11-14(16(27-2)10-13(15)22)23-21(29)24-19-18(20(25)28-3)12-8-6-4-5-7-9-17(12)30-19/h10-11H,4-9H2,1-3H3,(H2,23,24,29). The van der Waals surface area contributed by atoms with Gasteiger partial charge in [-0.15, -0.1) is 11.3 Å². The van der Waals surface area contributed by atoms with Crippen molar-refractivity contribution in [2.45, 2.75) is 38.5 Å². The minimum atomic E-state index is -0.343. The number of methoxy groups -OCH3 is 3. The number of carbonyl (C=O) groups is 1. The number of benzene rings is 1. The Balaban J connectivity index is 1.88. The van der Waals surface area contributed by atoms with Crippen LogP contribution in [0.5, 0.6) is 11.5 Å². The Bertz CT molecular complexity index is 946. The molecular formula is C21H25ClN2O4S2. The van der Waals surface area contributed by atoms with E-state index in [4.69, 9.17) is 38.0 Å². The fraction of sp³-hybridized carbons (Fsp3) is 0.429. The molecule has 1 heterocycles. The Morgan fingerprint density at radius 1 is 1.03 bits per heavy atom. The van der Waals surface area contributed by atoms with Gasteiger partial charge in [0.05, 0.1) is 37.6 Å². The zero-order chi connectivity index (χ0) is 21.7. The van der Waals surface area contributed by atoms with Crippen molar-refractivity contribution in [1.82, 2.24) is 0 Å². The van der Waals surface area contributed by atoms with E-state index < -0.39 is 0 Å². The van der Waals surface area contributed by atoms with Crippen LogP contribution < -0.4 is 20.1 Å². The number of thiocarbonyl (C=S) groups is 1. The predicted octanol–water partition coefficient (Wildman–Crippen LogP) is 5.67. The highest BCUT2D eigenvalue weighted by molar-refractivity contribution is 7.80. The number of esters is 1. The van der Waals surface area contributed by atoms with Gasteiger partial charge in [0.2, 0.25) is 0 Å². The number of hydrogen-bond donors (Lipinski definition) is 2. The molecule has 162 valence electrons. The van der Waals surface area contributed by atoms with Gasteiger partial charge < -0.3 is 24.8 Å². The lowest BCUT2D eigenvalue weighted by molar-refractivity contribution is 0.0601. The second-order valence-electron chi connectivity index (χ2n) is 6.88. The van der Waals surface area contributed by atoms with E-state index in [-0.39, 0.29) is 5.97 Å². The van der Waals surface area contributed by atoms with Crippen molar-refractivity contribution < 1.29 is 19.0 Å². The van der Waals surface area contributed by atoms with Crippen molar-refractivity contribution in [3.63, 3.8) is 0 Å².